The molecule has 2 aromatic carbocycles. The Morgan fingerprint density at radius 2 is 1.42 bits per heavy atom. The van der Waals surface area contributed by atoms with Gasteiger partial charge in [0.2, 0.25) is 0 Å². The van der Waals surface area contributed by atoms with E-state index in [0.717, 1.165) is 11.4 Å². The first-order valence-corrected chi connectivity index (χ1v) is 9.73. The first-order chi connectivity index (χ1) is 12.2. The third kappa shape index (κ3) is 3.88. The number of aromatic amines is 1. The fourth-order valence-corrected chi connectivity index (χ4v) is 4.41. The predicted octanol–water partition coefficient (Wildman–Crippen LogP) is 4.19. The highest BCUT2D eigenvalue weighted by Gasteiger charge is 2.22. The molecule has 0 saturated heterocycles. The van der Waals surface area contributed by atoms with Gasteiger partial charge >= 0.3 is 0 Å². The van der Waals surface area contributed by atoms with Crippen molar-refractivity contribution >= 4 is 27.1 Å². The highest BCUT2D eigenvalue weighted by molar-refractivity contribution is 7.92. The molecule has 0 bridgehead atoms. The van der Waals surface area contributed by atoms with E-state index in [2.05, 4.69) is 52.3 Å². The number of hydrogen-bond donors (Lipinski definition) is 3. The summed E-state index contributed by atoms with van der Waals surface area (Å²) in [5.41, 5.74) is 5.71. The summed E-state index contributed by atoms with van der Waals surface area (Å²) in [7, 11) is -3.68. The molecule has 3 rings (SSSR count). The molecule has 1 aromatic heterocycles. The molecule has 1 heterocycles. The molecule has 0 spiro atoms. The Bertz CT molecular complexity index is 998. The lowest BCUT2D eigenvalue weighted by atomic mass is 10.1. The van der Waals surface area contributed by atoms with E-state index in [1.807, 2.05) is 12.1 Å². The number of aryl methyl sites for hydroxylation is 4. The summed E-state index contributed by atoms with van der Waals surface area (Å²) < 4.78 is 27.7. The van der Waals surface area contributed by atoms with Crippen LogP contribution in [0.4, 0.5) is 17.1 Å². The van der Waals surface area contributed by atoms with E-state index in [4.69, 9.17) is 0 Å². The number of hydrogen-bond acceptors (Lipinski definition) is 4. The summed E-state index contributed by atoms with van der Waals surface area (Å²) in [6, 6.07) is 13.4. The molecule has 0 aliphatic heterocycles. The molecule has 0 radical (unpaired) electrons. The molecule has 136 valence electrons. The molecule has 0 fully saturated rings. The van der Waals surface area contributed by atoms with Crippen LogP contribution < -0.4 is 10.0 Å². The SMILES string of the molecule is Cc1cc(C)cc(Nc2ccc(NS(=O)(=O)c3c(C)n[nH]c3C)cc2)c1. The minimum Gasteiger partial charge on any atom is -0.356 e. The van der Waals surface area contributed by atoms with Crippen LogP contribution in [0.3, 0.4) is 0 Å². The van der Waals surface area contributed by atoms with Crippen molar-refractivity contribution in [2.45, 2.75) is 32.6 Å². The Morgan fingerprint density at radius 3 is 1.96 bits per heavy atom. The Balaban J connectivity index is 1.77. The van der Waals surface area contributed by atoms with Gasteiger partial charge in [0.05, 0.1) is 11.4 Å². The summed E-state index contributed by atoms with van der Waals surface area (Å²) in [5.74, 6) is 0. The molecule has 3 N–H and O–H groups in total. The summed E-state index contributed by atoms with van der Waals surface area (Å²) in [6.45, 7) is 7.45. The topological polar surface area (TPSA) is 86.9 Å². The third-order valence-electron chi connectivity index (χ3n) is 3.98. The van der Waals surface area contributed by atoms with Crippen LogP contribution in [-0.2, 0) is 10.0 Å². The molecule has 26 heavy (non-hydrogen) atoms. The molecular formula is C19H22N4O2S. The molecule has 6 nitrogen and oxygen atoms in total. The Kier molecular flexibility index (Phi) is 4.73. The van der Waals surface area contributed by atoms with E-state index in [9.17, 15) is 8.42 Å². The molecule has 7 heteroatoms. The Hall–Kier alpha value is -2.80. The van der Waals surface area contributed by atoms with Gasteiger partial charge in [0.25, 0.3) is 10.0 Å². The lowest BCUT2D eigenvalue weighted by Gasteiger charge is -2.11. The van der Waals surface area contributed by atoms with E-state index in [1.54, 1.807) is 26.0 Å². The van der Waals surface area contributed by atoms with Gasteiger partial charge in [-0.1, -0.05) is 6.07 Å². The maximum absolute atomic E-state index is 12.6. The molecule has 3 aromatic rings. The third-order valence-corrected chi connectivity index (χ3v) is 5.62. The van der Waals surface area contributed by atoms with Crippen LogP contribution >= 0.6 is 0 Å². The normalized spacial score (nSPS) is 11.4. The van der Waals surface area contributed by atoms with Crippen LogP contribution in [0.5, 0.6) is 0 Å². The van der Waals surface area contributed by atoms with Crippen molar-refractivity contribution in [1.82, 2.24) is 10.2 Å². The van der Waals surface area contributed by atoms with E-state index in [-0.39, 0.29) is 4.90 Å². The number of anilines is 3. The number of sulfonamides is 1. The van der Waals surface area contributed by atoms with E-state index < -0.39 is 10.0 Å². The minimum atomic E-state index is -3.68. The van der Waals surface area contributed by atoms with Crippen LogP contribution in [-0.4, -0.2) is 18.6 Å². The lowest BCUT2D eigenvalue weighted by molar-refractivity contribution is 0.600. The van der Waals surface area contributed by atoms with Crippen LogP contribution in [0.1, 0.15) is 22.5 Å². The van der Waals surface area contributed by atoms with E-state index in [0.29, 0.717) is 17.1 Å². The van der Waals surface area contributed by atoms with Crippen molar-refractivity contribution in [3.8, 4) is 0 Å². The first kappa shape index (κ1) is 18.0. The molecule has 0 aliphatic carbocycles. The predicted molar refractivity (Wildman–Crippen MR) is 105 cm³/mol. The summed E-state index contributed by atoms with van der Waals surface area (Å²) >= 11 is 0. The van der Waals surface area contributed by atoms with Gasteiger partial charge in [0, 0.05) is 17.1 Å². The standard InChI is InChI=1S/C19H22N4O2S/c1-12-9-13(2)11-18(10-12)20-16-5-7-17(8-6-16)23-26(24,25)19-14(3)21-22-15(19)4/h5-11,20,23H,1-4H3,(H,21,22). The average molecular weight is 370 g/mol. The second kappa shape index (κ2) is 6.84. The number of aromatic nitrogens is 2. The minimum absolute atomic E-state index is 0.190. The van der Waals surface area contributed by atoms with Gasteiger partial charge in [-0.05, 0) is 75.2 Å². The first-order valence-electron chi connectivity index (χ1n) is 8.24. The van der Waals surface area contributed by atoms with Gasteiger partial charge in [-0.3, -0.25) is 9.82 Å². The molecule has 0 atom stereocenters. The van der Waals surface area contributed by atoms with Gasteiger partial charge in [0.1, 0.15) is 4.90 Å². The summed E-state index contributed by atoms with van der Waals surface area (Å²) in [4.78, 5) is 0.190. The second-order valence-corrected chi connectivity index (χ2v) is 8.07. The quantitative estimate of drug-likeness (QED) is 0.628. The van der Waals surface area contributed by atoms with Crippen molar-refractivity contribution in [2.24, 2.45) is 0 Å². The van der Waals surface area contributed by atoms with Gasteiger partial charge in [-0.2, -0.15) is 5.10 Å². The lowest BCUT2D eigenvalue weighted by Crippen LogP contribution is -2.14. The van der Waals surface area contributed by atoms with Crippen LogP contribution in [0.25, 0.3) is 0 Å². The van der Waals surface area contributed by atoms with Crippen LogP contribution in [0.2, 0.25) is 0 Å². The number of rotatable bonds is 5. The molecule has 0 saturated carbocycles. The molecular weight excluding hydrogens is 348 g/mol. The summed E-state index contributed by atoms with van der Waals surface area (Å²) in [5, 5.41) is 9.97. The highest BCUT2D eigenvalue weighted by Crippen LogP contribution is 2.24. The van der Waals surface area contributed by atoms with Crippen molar-refractivity contribution in [2.75, 3.05) is 10.0 Å². The average Bonchev–Trinajstić information content (AvgIpc) is 2.87. The van der Waals surface area contributed by atoms with Crippen LogP contribution in [0.15, 0.2) is 47.4 Å². The fraction of sp³-hybridized carbons (Fsp3) is 0.211. The number of benzene rings is 2. The second-order valence-electron chi connectivity index (χ2n) is 6.45. The molecule has 0 amide bonds. The zero-order valence-electron chi connectivity index (χ0n) is 15.2. The molecule has 0 unspecified atom stereocenters. The number of nitrogens with zero attached hydrogens (tertiary/aromatic N) is 1. The van der Waals surface area contributed by atoms with Gasteiger partial charge < -0.3 is 5.32 Å². The maximum Gasteiger partial charge on any atom is 0.265 e. The van der Waals surface area contributed by atoms with E-state index >= 15 is 0 Å². The fourth-order valence-electron chi connectivity index (χ4n) is 2.98. The zero-order valence-corrected chi connectivity index (χ0v) is 16.0. The van der Waals surface area contributed by atoms with Crippen molar-refractivity contribution < 1.29 is 8.42 Å². The van der Waals surface area contributed by atoms with Gasteiger partial charge in [-0.25, -0.2) is 8.42 Å². The zero-order chi connectivity index (χ0) is 18.9. The van der Waals surface area contributed by atoms with Crippen molar-refractivity contribution in [3.63, 3.8) is 0 Å². The largest absolute Gasteiger partial charge is 0.356 e. The number of H-pyrrole nitrogens is 1. The Labute approximate surface area is 153 Å². The van der Waals surface area contributed by atoms with Crippen LogP contribution in [0, 0.1) is 27.7 Å². The van der Waals surface area contributed by atoms with E-state index in [1.165, 1.54) is 11.1 Å². The van der Waals surface area contributed by atoms with Gasteiger partial charge in [-0.15, -0.1) is 0 Å². The van der Waals surface area contributed by atoms with Crippen molar-refractivity contribution in [3.05, 3.63) is 65.0 Å². The Morgan fingerprint density at radius 1 is 0.846 bits per heavy atom. The van der Waals surface area contributed by atoms with Crippen molar-refractivity contribution in [1.29, 1.82) is 0 Å². The number of nitrogens with one attached hydrogen (secondary N) is 3. The summed E-state index contributed by atoms with van der Waals surface area (Å²) in [6.07, 6.45) is 0. The maximum atomic E-state index is 12.6. The monoisotopic (exact) mass is 370 g/mol. The smallest absolute Gasteiger partial charge is 0.265 e. The highest BCUT2D eigenvalue weighted by atomic mass is 32.2. The molecule has 0 aliphatic rings. The van der Waals surface area contributed by atoms with Gasteiger partial charge in [0.15, 0.2) is 0 Å².